The molecule has 10 heteroatoms. The van der Waals surface area contributed by atoms with Crippen LogP contribution in [-0.2, 0) is 24.1 Å². The number of hydrogen-bond donors (Lipinski definition) is 1. The molecule has 2 aromatic heterocycles. The van der Waals surface area contributed by atoms with E-state index >= 15 is 0 Å². The van der Waals surface area contributed by atoms with Crippen molar-refractivity contribution in [2.45, 2.75) is 64.1 Å². The average molecular weight is 470 g/mol. The maximum atomic E-state index is 14.1. The Morgan fingerprint density at radius 3 is 2.56 bits per heavy atom. The quantitative estimate of drug-likeness (QED) is 0.457. The topological polar surface area (TPSA) is 73.3 Å². The number of halogens is 4. The van der Waals surface area contributed by atoms with Crippen LogP contribution in [0.4, 0.5) is 13.2 Å². The van der Waals surface area contributed by atoms with Crippen LogP contribution in [0.1, 0.15) is 44.4 Å². The number of aliphatic hydroxyl groups is 1. The van der Waals surface area contributed by atoms with Gasteiger partial charge >= 0.3 is 6.18 Å². The molecule has 0 amide bonds. The molecule has 0 saturated heterocycles. The lowest BCUT2D eigenvalue weighted by Crippen LogP contribution is -2.24. The third-order valence-corrected chi connectivity index (χ3v) is 5.52. The van der Waals surface area contributed by atoms with Crippen LogP contribution in [0.3, 0.4) is 0 Å². The summed E-state index contributed by atoms with van der Waals surface area (Å²) < 4.78 is 54.3. The van der Waals surface area contributed by atoms with E-state index in [1.807, 2.05) is 0 Å². The monoisotopic (exact) mass is 469 g/mol. The summed E-state index contributed by atoms with van der Waals surface area (Å²) in [4.78, 5) is 0. The molecule has 2 heterocycles. The van der Waals surface area contributed by atoms with Gasteiger partial charge in [-0.3, -0.25) is 4.68 Å². The van der Waals surface area contributed by atoms with E-state index in [2.05, 4.69) is 10.3 Å². The summed E-state index contributed by atoms with van der Waals surface area (Å²) in [5.41, 5.74) is -1.06. The highest BCUT2D eigenvalue weighted by atomic mass is 35.5. The smallest absolute Gasteiger partial charge is 0.390 e. The van der Waals surface area contributed by atoms with Crippen molar-refractivity contribution >= 4 is 11.6 Å². The van der Waals surface area contributed by atoms with Crippen molar-refractivity contribution < 1.29 is 27.5 Å². The van der Waals surface area contributed by atoms with E-state index < -0.39 is 17.5 Å². The largest absolute Gasteiger partial charge is 0.433 e. The standard InChI is InChI=1S/C22H23ClF3N3O3/c1-21(2,30)9-10-29-20(22(24,25)26)15(11-27-29)19-16(12-31-13-7-8-13)18(28-32-19)14-5-3-4-6-17(14)23/h3-6,11,13,30H,7-10,12H2,1-2H3. The molecule has 0 spiro atoms. The van der Waals surface area contributed by atoms with Crippen molar-refractivity contribution in [1.82, 2.24) is 14.9 Å². The number of benzene rings is 1. The summed E-state index contributed by atoms with van der Waals surface area (Å²) in [5.74, 6) is -0.0533. The van der Waals surface area contributed by atoms with Gasteiger partial charge in [0.15, 0.2) is 11.5 Å². The van der Waals surface area contributed by atoms with Gasteiger partial charge in [-0.2, -0.15) is 18.3 Å². The molecule has 0 atom stereocenters. The first-order chi connectivity index (χ1) is 15.0. The molecule has 0 unspecified atom stereocenters. The van der Waals surface area contributed by atoms with E-state index in [4.69, 9.17) is 20.9 Å². The van der Waals surface area contributed by atoms with Gasteiger partial charge < -0.3 is 14.4 Å². The van der Waals surface area contributed by atoms with Gasteiger partial charge in [-0.25, -0.2) is 0 Å². The second kappa shape index (κ2) is 8.53. The van der Waals surface area contributed by atoms with Gasteiger partial charge in [-0.15, -0.1) is 0 Å². The molecule has 1 aliphatic carbocycles. The lowest BCUT2D eigenvalue weighted by molar-refractivity contribution is -0.144. The van der Waals surface area contributed by atoms with Crippen LogP contribution >= 0.6 is 11.6 Å². The molecule has 0 aliphatic heterocycles. The van der Waals surface area contributed by atoms with Crippen LogP contribution in [0.25, 0.3) is 22.6 Å². The molecule has 1 aromatic carbocycles. The first-order valence-electron chi connectivity index (χ1n) is 10.3. The Balaban J connectivity index is 1.80. The van der Waals surface area contributed by atoms with E-state index in [0.717, 1.165) is 23.7 Å². The van der Waals surface area contributed by atoms with Crippen molar-refractivity contribution in [3.05, 3.63) is 46.7 Å². The van der Waals surface area contributed by atoms with Crippen LogP contribution in [0, 0.1) is 0 Å². The van der Waals surface area contributed by atoms with Crippen LogP contribution in [0.15, 0.2) is 35.0 Å². The van der Waals surface area contributed by atoms with E-state index in [-0.39, 0.29) is 37.0 Å². The van der Waals surface area contributed by atoms with Crippen molar-refractivity contribution in [2.75, 3.05) is 0 Å². The van der Waals surface area contributed by atoms with Crippen LogP contribution in [-0.4, -0.2) is 31.7 Å². The number of alkyl halides is 3. The Hall–Kier alpha value is -2.36. The Kier molecular flexibility index (Phi) is 6.08. The lowest BCUT2D eigenvalue weighted by atomic mass is 10.0. The summed E-state index contributed by atoms with van der Waals surface area (Å²) in [6.45, 7) is 2.99. The molecule has 6 nitrogen and oxygen atoms in total. The van der Waals surface area contributed by atoms with E-state index in [9.17, 15) is 18.3 Å². The predicted octanol–water partition coefficient (Wildman–Crippen LogP) is 5.72. The average Bonchev–Trinajstić information content (AvgIpc) is 3.27. The summed E-state index contributed by atoms with van der Waals surface area (Å²) in [5, 5.41) is 18.3. The van der Waals surface area contributed by atoms with Crippen molar-refractivity contribution in [3.8, 4) is 22.6 Å². The molecular formula is C22H23ClF3N3O3. The van der Waals surface area contributed by atoms with Gasteiger partial charge in [0.25, 0.3) is 0 Å². The number of nitrogens with zero attached hydrogens (tertiary/aromatic N) is 3. The minimum Gasteiger partial charge on any atom is -0.390 e. The Labute approximate surface area is 187 Å². The molecule has 1 fully saturated rings. The Morgan fingerprint density at radius 1 is 1.22 bits per heavy atom. The first kappa shape index (κ1) is 22.8. The third kappa shape index (κ3) is 5.00. The predicted molar refractivity (Wildman–Crippen MR) is 112 cm³/mol. The number of rotatable bonds is 8. The fraction of sp³-hybridized carbons (Fsp3) is 0.455. The molecule has 0 bridgehead atoms. The molecule has 4 rings (SSSR count). The van der Waals surface area contributed by atoms with Crippen molar-refractivity contribution in [3.63, 3.8) is 0 Å². The van der Waals surface area contributed by atoms with Crippen LogP contribution < -0.4 is 0 Å². The highest BCUT2D eigenvalue weighted by Crippen LogP contribution is 2.42. The summed E-state index contributed by atoms with van der Waals surface area (Å²) in [6.07, 6.45) is -1.60. The second-order valence-electron chi connectivity index (χ2n) is 8.52. The zero-order valence-corrected chi connectivity index (χ0v) is 18.4. The van der Waals surface area contributed by atoms with Crippen LogP contribution in [0.5, 0.6) is 0 Å². The molecule has 3 aromatic rings. The van der Waals surface area contributed by atoms with Gasteiger partial charge in [0.2, 0.25) is 0 Å². The van der Waals surface area contributed by atoms with Gasteiger partial charge in [-0.05, 0) is 39.2 Å². The van der Waals surface area contributed by atoms with E-state index in [1.54, 1.807) is 24.3 Å². The lowest BCUT2D eigenvalue weighted by Gasteiger charge is -2.18. The highest BCUT2D eigenvalue weighted by molar-refractivity contribution is 6.33. The third-order valence-electron chi connectivity index (χ3n) is 5.19. The maximum Gasteiger partial charge on any atom is 0.433 e. The fourth-order valence-electron chi connectivity index (χ4n) is 3.36. The highest BCUT2D eigenvalue weighted by Gasteiger charge is 2.41. The van der Waals surface area contributed by atoms with Gasteiger partial charge in [0.1, 0.15) is 5.69 Å². The maximum absolute atomic E-state index is 14.1. The van der Waals surface area contributed by atoms with Gasteiger partial charge in [0.05, 0.1) is 40.7 Å². The fourth-order valence-corrected chi connectivity index (χ4v) is 3.58. The van der Waals surface area contributed by atoms with Crippen molar-refractivity contribution in [1.29, 1.82) is 0 Å². The van der Waals surface area contributed by atoms with E-state index in [1.165, 1.54) is 13.8 Å². The molecule has 1 N–H and O–H groups in total. The molecule has 32 heavy (non-hydrogen) atoms. The number of ether oxygens (including phenoxy) is 1. The minimum absolute atomic E-state index is 0.0379. The number of aromatic nitrogens is 3. The zero-order valence-electron chi connectivity index (χ0n) is 17.6. The molecule has 172 valence electrons. The Morgan fingerprint density at radius 2 is 1.94 bits per heavy atom. The van der Waals surface area contributed by atoms with E-state index in [0.29, 0.717) is 21.8 Å². The SMILES string of the molecule is CC(C)(O)CCn1ncc(-c2onc(-c3ccccc3Cl)c2COC2CC2)c1C(F)(F)F. The van der Waals surface area contributed by atoms with Gasteiger partial charge in [0, 0.05) is 12.1 Å². The van der Waals surface area contributed by atoms with Crippen molar-refractivity contribution in [2.24, 2.45) is 0 Å². The van der Waals surface area contributed by atoms with Gasteiger partial charge in [-0.1, -0.05) is 35.0 Å². The first-order valence-corrected chi connectivity index (χ1v) is 10.6. The molecular weight excluding hydrogens is 447 g/mol. The second-order valence-corrected chi connectivity index (χ2v) is 8.93. The Bertz CT molecular complexity index is 1100. The summed E-state index contributed by atoms with van der Waals surface area (Å²) in [7, 11) is 0. The molecule has 0 radical (unpaired) electrons. The number of aryl methyl sites for hydroxylation is 1. The number of hydrogen-bond acceptors (Lipinski definition) is 5. The minimum atomic E-state index is -4.70. The summed E-state index contributed by atoms with van der Waals surface area (Å²) >= 11 is 6.31. The molecule has 1 aliphatic rings. The summed E-state index contributed by atoms with van der Waals surface area (Å²) in [6, 6.07) is 6.91. The van der Waals surface area contributed by atoms with Crippen LogP contribution in [0.2, 0.25) is 5.02 Å². The normalized spacial score (nSPS) is 14.8. The molecule has 1 saturated carbocycles. The zero-order chi connectivity index (χ0) is 23.1.